The van der Waals surface area contributed by atoms with Gasteiger partial charge in [0.2, 0.25) is 0 Å². The molecule has 20 heavy (non-hydrogen) atoms. The van der Waals surface area contributed by atoms with E-state index >= 15 is 0 Å². The summed E-state index contributed by atoms with van der Waals surface area (Å²) in [5.41, 5.74) is 3.07. The molecule has 0 heterocycles. The van der Waals surface area contributed by atoms with Crippen molar-refractivity contribution in [2.45, 2.75) is 26.2 Å². The van der Waals surface area contributed by atoms with Crippen LogP contribution in [0.3, 0.4) is 0 Å². The van der Waals surface area contributed by atoms with Crippen molar-refractivity contribution in [2.24, 2.45) is 0 Å². The van der Waals surface area contributed by atoms with E-state index in [1.807, 2.05) is 30.3 Å². The highest BCUT2D eigenvalue weighted by atomic mass is 79.9. The SMILES string of the molecule is CC(C)c1ccc(CC(=O)c2ccc(Br)cc2Br)cc1. The first-order chi connectivity index (χ1) is 9.47. The van der Waals surface area contributed by atoms with Crippen LogP contribution in [0.5, 0.6) is 0 Å². The molecule has 0 saturated heterocycles. The third-order valence-corrected chi connectivity index (χ3v) is 4.39. The Hall–Kier alpha value is -0.930. The molecular formula is C17H16Br2O. The Balaban J connectivity index is 2.15. The monoisotopic (exact) mass is 394 g/mol. The number of carbonyl (C=O) groups excluding carboxylic acids is 1. The average Bonchev–Trinajstić information content (AvgIpc) is 2.39. The quantitative estimate of drug-likeness (QED) is 0.601. The fraction of sp³-hybridized carbons (Fsp3) is 0.235. The molecule has 0 radical (unpaired) electrons. The second-order valence-electron chi connectivity index (χ2n) is 5.12. The number of hydrogen-bond acceptors (Lipinski definition) is 1. The summed E-state index contributed by atoms with van der Waals surface area (Å²) in [7, 11) is 0. The van der Waals surface area contributed by atoms with Gasteiger partial charge in [0.25, 0.3) is 0 Å². The smallest absolute Gasteiger partial charge is 0.168 e. The normalized spacial score (nSPS) is 10.8. The van der Waals surface area contributed by atoms with E-state index in [1.165, 1.54) is 5.56 Å². The third kappa shape index (κ3) is 3.80. The summed E-state index contributed by atoms with van der Waals surface area (Å²) in [6, 6.07) is 13.9. The zero-order valence-corrected chi connectivity index (χ0v) is 14.7. The van der Waals surface area contributed by atoms with Gasteiger partial charge < -0.3 is 0 Å². The molecule has 2 rings (SSSR count). The van der Waals surface area contributed by atoms with Crippen LogP contribution in [0.25, 0.3) is 0 Å². The van der Waals surface area contributed by atoms with Gasteiger partial charge in [-0.1, -0.05) is 70.0 Å². The number of ketones is 1. The van der Waals surface area contributed by atoms with E-state index in [0.29, 0.717) is 12.3 Å². The highest BCUT2D eigenvalue weighted by molar-refractivity contribution is 9.11. The lowest BCUT2D eigenvalue weighted by molar-refractivity contribution is 0.0992. The molecule has 3 heteroatoms. The molecule has 0 atom stereocenters. The number of rotatable bonds is 4. The van der Waals surface area contributed by atoms with Crippen LogP contribution in [0.15, 0.2) is 51.4 Å². The fourth-order valence-electron chi connectivity index (χ4n) is 2.02. The maximum absolute atomic E-state index is 12.3. The highest BCUT2D eigenvalue weighted by Gasteiger charge is 2.11. The molecule has 0 saturated carbocycles. The molecule has 0 aliphatic rings. The lowest BCUT2D eigenvalue weighted by Gasteiger charge is -2.07. The van der Waals surface area contributed by atoms with Crippen LogP contribution < -0.4 is 0 Å². The van der Waals surface area contributed by atoms with Crippen LogP contribution in [0, 0.1) is 0 Å². The van der Waals surface area contributed by atoms with E-state index < -0.39 is 0 Å². The number of halogens is 2. The Kier molecular flexibility index (Phi) is 5.17. The van der Waals surface area contributed by atoms with Gasteiger partial charge in [-0.25, -0.2) is 0 Å². The van der Waals surface area contributed by atoms with Crippen molar-refractivity contribution in [3.05, 3.63) is 68.1 Å². The van der Waals surface area contributed by atoms with E-state index in [1.54, 1.807) is 0 Å². The van der Waals surface area contributed by atoms with Crippen molar-refractivity contribution >= 4 is 37.6 Å². The van der Waals surface area contributed by atoms with Gasteiger partial charge in [0.05, 0.1) is 0 Å². The maximum Gasteiger partial charge on any atom is 0.168 e. The van der Waals surface area contributed by atoms with Crippen molar-refractivity contribution in [2.75, 3.05) is 0 Å². The minimum atomic E-state index is 0.127. The summed E-state index contributed by atoms with van der Waals surface area (Å²) in [4.78, 5) is 12.3. The zero-order chi connectivity index (χ0) is 14.7. The molecule has 0 aliphatic heterocycles. The minimum absolute atomic E-state index is 0.127. The fourth-order valence-corrected chi connectivity index (χ4v) is 3.28. The molecule has 2 aromatic carbocycles. The third-order valence-electron chi connectivity index (χ3n) is 3.24. The second kappa shape index (κ2) is 6.68. The van der Waals surface area contributed by atoms with Crippen LogP contribution in [0.1, 0.15) is 41.3 Å². The van der Waals surface area contributed by atoms with Gasteiger partial charge in [-0.05, 0) is 35.2 Å². The Labute approximate surface area is 136 Å². The molecule has 2 aromatic rings. The Bertz CT molecular complexity index is 615. The summed E-state index contributed by atoms with van der Waals surface area (Å²) in [6.07, 6.45) is 0.429. The van der Waals surface area contributed by atoms with Crippen LogP contribution in [-0.2, 0) is 6.42 Å². The molecule has 0 bridgehead atoms. The minimum Gasteiger partial charge on any atom is -0.294 e. The maximum atomic E-state index is 12.3. The number of Topliss-reactive ketones (excluding diaryl/α,β-unsaturated/α-hetero) is 1. The van der Waals surface area contributed by atoms with E-state index in [4.69, 9.17) is 0 Å². The highest BCUT2D eigenvalue weighted by Crippen LogP contribution is 2.23. The topological polar surface area (TPSA) is 17.1 Å². The van der Waals surface area contributed by atoms with E-state index in [-0.39, 0.29) is 5.78 Å². The molecule has 0 aromatic heterocycles. The standard InChI is InChI=1S/C17H16Br2O/c1-11(2)13-5-3-12(4-6-13)9-17(20)15-8-7-14(18)10-16(15)19/h3-8,10-11H,9H2,1-2H3. The largest absolute Gasteiger partial charge is 0.294 e. The van der Waals surface area contributed by atoms with Crippen molar-refractivity contribution in [1.29, 1.82) is 0 Å². The van der Waals surface area contributed by atoms with Crippen LogP contribution >= 0.6 is 31.9 Å². The number of hydrogen-bond donors (Lipinski definition) is 0. The summed E-state index contributed by atoms with van der Waals surface area (Å²) in [5, 5.41) is 0. The predicted molar refractivity (Wildman–Crippen MR) is 90.4 cm³/mol. The summed E-state index contributed by atoms with van der Waals surface area (Å²) < 4.78 is 1.79. The predicted octanol–water partition coefficient (Wildman–Crippen LogP) is 5.76. The van der Waals surface area contributed by atoms with Gasteiger partial charge in [0.15, 0.2) is 5.78 Å². The van der Waals surface area contributed by atoms with Crippen molar-refractivity contribution in [3.63, 3.8) is 0 Å². The Morgan fingerprint density at radius 1 is 1.05 bits per heavy atom. The van der Waals surface area contributed by atoms with Gasteiger partial charge in [0, 0.05) is 20.9 Å². The lowest BCUT2D eigenvalue weighted by Crippen LogP contribution is -2.04. The van der Waals surface area contributed by atoms with Gasteiger partial charge in [0.1, 0.15) is 0 Å². The molecule has 0 spiro atoms. The second-order valence-corrected chi connectivity index (χ2v) is 6.89. The average molecular weight is 396 g/mol. The van der Waals surface area contributed by atoms with Gasteiger partial charge in [-0.15, -0.1) is 0 Å². The van der Waals surface area contributed by atoms with Gasteiger partial charge >= 0.3 is 0 Å². The number of carbonyl (C=O) groups is 1. The summed E-state index contributed by atoms with van der Waals surface area (Å²) >= 11 is 6.83. The van der Waals surface area contributed by atoms with Crippen molar-refractivity contribution in [1.82, 2.24) is 0 Å². The van der Waals surface area contributed by atoms with Crippen molar-refractivity contribution < 1.29 is 4.79 Å². The van der Waals surface area contributed by atoms with Crippen LogP contribution in [-0.4, -0.2) is 5.78 Å². The van der Waals surface area contributed by atoms with Crippen molar-refractivity contribution in [3.8, 4) is 0 Å². The zero-order valence-electron chi connectivity index (χ0n) is 11.5. The first-order valence-electron chi connectivity index (χ1n) is 6.54. The first-order valence-corrected chi connectivity index (χ1v) is 8.13. The molecular weight excluding hydrogens is 380 g/mol. The molecule has 0 aliphatic carbocycles. The van der Waals surface area contributed by atoms with Crippen LogP contribution in [0.4, 0.5) is 0 Å². The lowest BCUT2D eigenvalue weighted by atomic mass is 9.98. The van der Waals surface area contributed by atoms with E-state index in [0.717, 1.165) is 20.1 Å². The molecule has 0 N–H and O–H groups in total. The molecule has 0 unspecified atom stereocenters. The van der Waals surface area contributed by atoms with Gasteiger partial charge in [-0.2, -0.15) is 0 Å². The van der Waals surface area contributed by atoms with E-state index in [2.05, 4.69) is 57.8 Å². The molecule has 0 fully saturated rings. The van der Waals surface area contributed by atoms with Gasteiger partial charge in [-0.3, -0.25) is 4.79 Å². The summed E-state index contributed by atoms with van der Waals surface area (Å²) in [5.74, 6) is 0.641. The molecule has 104 valence electrons. The Morgan fingerprint density at radius 2 is 1.70 bits per heavy atom. The first kappa shape index (κ1) is 15.5. The number of benzene rings is 2. The Morgan fingerprint density at radius 3 is 2.25 bits per heavy atom. The van der Waals surface area contributed by atoms with Crippen LogP contribution in [0.2, 0.25) is 0 Å². The summed E-state index contributed by atoms with van der Waals surface area (Å²) in [6.45, 7) is 4.33. The molecule has 1 nitrogen and oxygen atoms in total. The van der Waals surface area contributed by atoms with E-state index in [9.17, 15) is 4.79 Å². The molecule has 0 amide bonds.